The van der Waals surface area contributed by atoms with Crippen molar-refractivity contribution in [3.8, 4) is 0 Å². The topological polar surface area (TPSA) is 54.9 Å². The van der Waals surface area contributed by atoms with Crippen LogP contribution in [0.1, 0.15) is 33.5 Å². The summed E-state index contributed by atoms with van der Waals surface area (Å²) in [5.74, 6) is 1.37. The minimum absolute atomic E-state index is 0.0665. The molecule has 0 radical (unpaired) electrons. The number of halogens is 1. The molecule has 0 aliphatic rings. The molecule has 0 amide bonds. The average Bonchev–Trinajstić information content (AvgIpc) is 2.23. The second-order valence-electron chi connectivity index (χ2n) is 5.34. The second-order valence-corrected chi connectivity index (χ2v) is 7.53. The van der Waals surface area contributed by atoms with E-state index < -0.39 is 10.8 Å². The van der Waals surface area contributed by atoms with Crippen molar-refractivity contribution in [3.05, 3.63) is 17.0 Å². The Balaban J connectivity index is 2.84. The smallest absolute Gasteiger partial charge is 0.137 e. The zero-order valence-electron chi connectivity index (χ0n) is 11.5. The highest BCUT2D eigenvalue weighted by Gasteiger charge is 2.19. The van der Waals surface area contributed by atoms with Crippen LogP contribution in [0.25, 0.3) is 0 Å². The van der Waals surface area contributed by atoms with Gasteiger partial charge in [-0.3, -0.25) is 4.21 Å². The van der Waals surface area contributed by atoms with Crippen molar-refractivity contribution in [1.82, 2.24) is 9.97 Å². The summed E-state index contributed by atoms with van der Waals surface area (Å²) in [6, 6.07) is 1.68. The van der Waals surface area contributed by atoms with Crippen molar-refractivity contribution in [1.29, 1.82) is 0 Å². The van der Waals surface area contributed by atoms with Crippen molar-refractivity contribution in [3.63, 3.8) is 0 Å². The lowest BCUT2D eigenvalue weighted by Crippen LogP contribution is -2.22. The first-order valence-corrected chi connectivity index (χ1v) is 7.81. The van der Waals surface area contributed by atoms with E-state index >= 15 is 0 Å². The van der Waals surface area contributed by atoms with Crippen molar-refractivity contribution in [2.24, 2.45) is 0 Å². The molecule has 0 aliphatic heterocycles. The Morgan fingerprint density at radius 3 is 2.56 bits per heavy atom. The van der Waals surface area contributed by atoms with Crippen LogP contribution < -0.4 is 5.32 Å². The van der Waals surface area contributed by atoms with Crippen molar-refractivity contribution in [2.45, 2.75) is 38.4 Å². The molecule has 0 saturated heterocycles. The third-order valence-electron chi connectivity index (χ3n) is 2.50. The molecule has 0 spiro atoms. The van der Waals surface area contributed by atoms with Gasteiger partial charge in [0, 0.05) is 40.3 Å². The van der Waals surface area contributed by atoms with Crippen LogP contribution in [0.4, 0.5) is 5.82 Å². The zero-order valence-corrected chi connectivity index (χ0v) is 13.0. The molecule has 0 aliphatic carbocycles. The molecule has 6 heteroatoms. The number of aromatic nitrogens is 2. The predicted molar refractivity (Wildman–Crippen MR) is 77.8 cm³/mol. The van der Waals surface area contributed by atoms with Crippen molar-refractivity contribution in [2.75, 3.05) is 18.1 Å². The summed E-state index contributed by atoms with van der Waals surface area (Å²) in [4.78, 5) is 8.65. The molecule has 1 rings (SSSR count). The highest BCUT2D eigenvalue weighted by Crippen LogP contribution is 2.22. The summed E-state index contributed by atoms with van der Waals surface area (Å²) in [7, 11) is -0.851. The lowest BCUT2D eigenvalue weighted by molar-refractivity contribution is 0.546. The molecule has 0 fully saturated rings. The molecule has 4 nitrogen and oxygen atoms in total. The standard InChI is InChI=1S/C12H20ClN3OS/c1-8(18(5)17)7-14-10-6-9(13)15-11(16-10)12(2,3)4/h6,8H,7H2,1-5H3,(H,14,15,16). The van der Waals surface area contributed by atoms with E-state index in [-0.39, 0.29) is 10.7 Å². The molecule has 1 N–H and O–H groups in total. The van der Waals surface area contributed by atoms with Crippen molar-refractivity contribution < 1.29 is 4.21 Å². The van der Waals surface area contributed by atoms with E-state index in [1.807, 2.05) is 27.7 Å². The highest BCUT2D eigenvalue weighted by molar-refractivity contribution is 7.84. The Morgan fingerprint density at radius 2 is 2.06 bits per heavy atom. The summed E-state index contributed by atoms with van der Waals surface area (Å²) in [5, 5.41) is 3.64. The Hall–Kier alpha value is -0.680. The van der Waals surface area contributed by atoms with Gasteiger partial charge in [-0.25, -0.2) is 9.97 Å². The van der Waals surface area contributed by atoms with E-state index in [1.54, 1.807) is 12.3 Å². The fourth-order valence-corrected chi connectivity index (χ4v) is 1.71. The van der Waals surface area contributed by atoms with Gasteiger partial charge in [0.15, 0.2) is 0 Å². The van der Waals surface area contributed by atoms with Gasteiger partial charge < -0.3 is 5.32 Å². The summed E-state index contributed by atoms with van der Waals surface area (Å²) < 4.78 is 11.3. The SMILES string of the molecule is CC(CNc1cc(Cl)nc(C(C)(C)C)n1)S(C)=O. The molecule has 0 bridgehead atoms. The van der Waals surface area contributed by atoms with Crippen LogP contribution in [0, 0.1) is 0 Å². The molecule has 18 heavy (non-hydrogen) atoms. The summed E-state index contributed by atoms with van der Waals surface area (Å²) in [5.41, 5.74) is -0.152. The summed E-state index contributed by atoms with van der Waals surface area (Å²) >= 11 is 5.98. The molecule has 1 aromatic rings. The Morgan fingerprint density at radius 1 is 1.44 bits per heavy atom. The molecular formula is C12H20ClN3OS. The van der Waals surface area contributed by atoms with E-state index in [0.717, 1.165) is 0 Å². The molecular weight excluding hydrogens is 270 g/mol. The maximum absolute atomic E-state index is 11.3. The van der Waals surface area contributed by atoms with Gasteiger partial charge in [0.1, 0.15) is 16.8 Å². The maximum atomic E-state index is 11.3. The fourth-order valence-electron chi connectivity index (χ4n) is 1.21. The van der Waals surface area contributed by atoms with Crippen LogP contribution in [0.15, 0.2) is 6.07 Å². The third-order valence-corrected chi connectivity index (χ3v) is 4.00. The molecule has 2 unspecified atom stereocenters. The minimum Gasteiger partial charge on any atom is -0.369 e. The van der Waals surface area contributed by atoms with Gasteiger partial charge >= 0.3 is 0 Å². The minimum atomic E-state index is -0.851. The molecule has 1 heterocycles. The Kier molecular flexibility index (Phi) is 5.10. The zero-order chi connectivity index (χ0) is 13.9. The van der Waals surface area contributed by atoms with Gasteiger partial charge in [-0.05, 0) is 6.92 Å². The van der Waals surface area contributed by atoms with Crippen molar-refractivity contribution >= 4 is 28.2 Å². The quantitative estimate of drug-likeness (QED) is 0.866. The summed E-state index contributed by atoms with van der Waals surface area (Å²) in [6.45, 7) is 8.63. The number of nitrogens with one attached hydrogen (secondary N) is 1. The number of hydrogen-bond acceptors (Lipinski definition) is 4. The van der Waals surface area contributed by atoms with Gasteiger partial charge in [0.25, 0.3) is 0 Å². The summed E-state index contributed by atoms with van der Waals surface area (Å²) in [6.07, 6.45) is 1.69. The van der Waals surface area contributed by atoms with Crippen LogP contribution >= 0.6 is 11.6 Å². The van der Waals surface area contributed by atoms with Gasteiger partial charge in [0.2, 0.25) is 0 Å². The van der Waals surface area contributed by atoms with Gasteiger partial charge in [0.05, 0.1) is 0 Å². The number of nitrogens with zero attached hydrogens (tertiary/aromatic N) is 2. The molecule has 2 atom stereocenters. The van der Waals surface area contributed by atoms with Gasteiger partial charge in [-0.15, -0.1) is 0 Å². The van der Waals surface area contributed by atoms with Gasteiger partial charge in [-0.1, -0.05) is 32.4 Å². The van der Waals surface area contributed by atoms with Crippen LogP contribution in [-0.2, 0) is 16.2 Å². The Labute approximate surface area is 116 Å². The lowest BCUT2D eigenvalue weighted by Gasteiger charge is -2.18. The monoisotopic (exact) mass is 289 g/mol. The second kappa shape index (κ2) is 5.97. The van der Waals surface area contributed by atoms with Crippen LogP contribution in [0.5, 0.6) is 0 Å². The number of rotatable bonds is 4. The largest absolute Gasteiger partial charge is 0.369 e. The number of hydrogen-bond donors (Lipinski definition) is 1. The molecule has 102 valence electrons. The first-order chi connectivity index (χ1) is 8.20. The first-order valence-electron chi connectivity index (χ1n) is 5.81. The van der Waals surface area contributed by atoms with E-state index in [0.29, 0.717) is 23.3 Å². The normalized spacial score (nSPS) is 15.2. The van der Waals surface area contributed by atoms with E-state index in [1.165, 1.54) is 0 Å². The fraction of sp³-hybridized carbons (Fsp3) is 0.667. The highest BCUT2D eigenvalue weighted by atomic mass is 35.5. The van der Waals surface area contributed by atoms with Gasteiger partial charge in [-0.2, -0.15) is 0 Å². The number of anilines is 1. The molecule has 0 aromatic carbocycles. The van der Waals surface area contributed by atoms with E-state index in [4.69, 9.17) is 11.6 Å². The van der Waals surface area contributed by atoms with Crippen LogP contribution in [0.2, 0.25) is 5.15 Å². The van der Waals surface area contributed by atoms with Crippen LogP contribution in [0.3, 0.4) is 0 Å². The van der Waals surface area contributed by atoms with E-state index in [9.17, 15) is 4.21 Å². The maximum Gasteiger partial charge on any atom is 0.137 e. The Bertz CT molecular complexity index is 445. The van der Waals surface area contributed by atoms with E-state index in [2.05, 4.69) is 15.3 Å². The lowest BCUT2D eigenvalue weighted by atomic mass is 9.96. The average molecular weight is 290 g/mol. The first kappa shape index (κ1) is 15.4. The molecule has 1 aromatic heterocycles. The van der Waals surface area contributed by atoms with Crippen LogP contribution in [-0.4, -0.2) is 32.2 Å². The third kappa shape index (κ3) is 4.53. The molecule has 0 saturated carbocycles. The predicted octanol–water partition coefficient (Wildman–Crippen LogP) is 2.61.